The number of H-pyrrole nitrogens is 1. The number of piperidine rings is 1. The molecule has 5 nitrogen and oxygen atoms in total. The highest BCUT2D eigenvalue weighted by molar-refractivity contribution is 5.83. The zero-order chi connectivity index (χ0) is 21.5. The molecule has 2 aromatic carbocycles. The van der Waals surface area contributed by atoms with Crippen LogP contribution in [0.4, 0.5) is 0 Å². The van der Waals surface area contributed by atoms with E-state index in [1.807, 2.05) is 13.0 Å². The Bertz CT molecular complexity index is 1070. The van der Waals surface area contributed by atoms with E-state index in [9.17, 15) is 5.11 Å². The first kappa shape index (κ1) is 20.6. The fourth-order valence-electron chi connectivity index (χ4n) is 5.59. The van der Waals surface area contributed by atoms with Crippen LogP contribution in [0.15, 0.2) is 42.6 Å². The lowest BCUT2D eigenvalue weighted by molar-refractivity contribution is -0.0666. The second-order valence-electron chi connectivity index (χ2n) is 9.24. The van der Waals surface area contributed by atoms with E-state index in [-0.39, 0.29) is 12.2 Å². The normalized spacial score (nSPS) is 23.7. The number of aromatic hydroxyl groups is 1. The number of nitrogens with two attached hydrogens (primary N) is 1. The number of nitrogens with zero attached hydrogens (tertiary/aromatic N) is 1. The van der Waals surface area contributed by atoms with Crippen molar-refractivity contribution in [2.75, 3.05) is 19.6 Å². The van der Waals surface area contributed by atoms with Crippen molar-refractivity contribution in [2.45, 2.75) is 51.4 Å². The van der Waals surface area contributed by atoms with E-state index in [4.69, 9.17) is 10.5 Å². The van der Waals surface area contributed by atoms with Crippen LogP contribution in [0.25, 0.3) is 10.9 Å². The summed E-state index contributed by atoms with van der Waals surface area (Å²) in [5.41, 5.74) is 11.7. The third-order valence-electron chi connectivity index (χ3n) is 7.55. The van der Waals surface area contributed by atoms with Crippen molar-refractivity contribution in [3.8, 4) is 5.75 Å². The molecule has 2 aliphatic heterocycles. The van der Waals surface area contributed by atoms with Gasteiger partial charge in [-0.05, 0) is 68.5 Å². The van der Waals surface area contributed by atoms with Gasteiger partial charge in [-0.15, -0.1) is 0 Å². The minimum Gasteiger partial charge on any atom is -0.507 e. The van der Waals surface area contributed by atoms with Crippen molar-refractivity contribution >= 4 is 10.9 Å². The highest BCUT2D eigenvalue weighted by Gasteiger charge is 2.36. The molecule has 0 saturated carbocycles. The second kappa shape index (κ2) is 8.30. The zero-order valence-electron chi connectivity index (χ0n) is 18.5. The summed E-state index contributed by atoms with van der Waals surface area (Å²) in [5.74, 6) is 0.920. The summed E-state index contributed by atoms with van der Waals surface area (Å²) in [7, 11) is 0. The van der Waals surface area contributed by atoms with Crippen LogP contribution in [-0.4, -0.2) is 40.7 Å². The molecule has 3 aromatic rings. The Hall–Kier alpha value is -2.34. The van der Waals surface area contributed by atoms with Gasteiger partial charge >= 0.3 is 0 Å². The summed E-state index contributed by atoms with van der Waals surface area (Å²) >= 11 is 0. The van der Waals surface area contributed by atoms with Crippen molar-refractivity contribution < 1.29 is 9.84 Å². The molecule has 0 radical (unpaired) electrons. The maximum absolute atomic E-state index is 10.7. The number of likely N-dealkylation sites (tertiary alicyclic amines) is 1. The van der Waals surface area contributed by atoms with Gasteiger partial charge < -0.3 is 20.6 Å². The molecular formula is C26H33N3O2. The quantitative estimate of drug-likeness (QED) is 0.578. The Morgan fingerprint density at radius 2 is 1.97 bits per heavy atom. The lowest BCUT2D eigenvalue weighted by Gasteiger charge is -2.42. The number of phenols is 1. The molecule has 1 saturated heterocycles. The van der Waals surface area contributed by atoms with Gasteiger partial charge in [-0.2, -0.15) is 0 Å². The van der Waals surface area contributed by atoms with Gasteiger partial charge in [0, 0.05) is 41.7 Å². The largest absolute Gasteiger partial charge is 0.507 e. The van der Waals surface area contributed by atoms with Crippen LogP contribution in [0.1, 0.15) is 54.2 Å². The SMILES string of the molecule is Cc1ccc2c(c1O)C[C@@H](C1CCN(C(C)c3c[nH]c4ccccc34)CC1)O[C@H]2CN. The Kier molecular flexibility index (Phi) is 5.51. The lowest BCUT2D eigenvalue weighted by Crippen LogP contribution is -2.42. The van der Waals surface area contributed by atoms with Crippen LogP contribution in [0.5, 0.6) is 5.75 Å². The van der Waals surface area contributed by atoms with E-state index in [0.29, 0.717) is 24.3 Å². The molecular weight excluding hydrogens is 386 g/mol. The molecule has 1 unspecified atom stereocenters. The number of aryl methyl sites for hydroxylation is 1. The first-order chi connectivity index (χ1) is 15.1. The highest BCUT2D eigenvalue weighted by Crippen LogP contribution is 2.41. The number of benzene rings is 2. The number of nitrogens with one attached hydrogen (secondary N) is 1. The van der Waals surface area contributed by atoms with Crippen LogP contribution in [-0.2, 0) is 11.2 Å². The molecule has 3 heterocycles. The summed E-state index contributed by atoms with van der Waals surface area (Å²) in [4.78, 5) is 6.01. The van der Waals surface area contributed by atoms with Gasteiger partial charge in [0.15, 0.2) is 0 Å². The Labute approximate surface area is 184 Å². The van der Waals surface area contributed by atoms with Gasteiger partial charge in [0.2, 0.25) is 0 Å². The third-order valence-corrected chi connectivity index (χ3v) is 7.55. The molecule has 0 aliphatic carbocycles. The Morgan fingerprint density at radius 3 is 2.74 bits per heavy atom. The summed E-state index contributed by atoms with van der Waals surface area (Å²) < 4.78 is 6.46. The summed E-state index contributed by atoms with van der Waals surface area (Å²) in [5, 5.41) is 12.0. The van der Waals surface area contributed by atoms with E-state index in [1.54, 1.807) is 0 Å². The number of phenolic OH excluding ortho intramolecular Hbond substituents is 1. The van der Waals surface area contributed by atoms with E-state index in [1.165, 1.54) is 16.5 Å². The molecule has 5 rings (SSSR count). The number of aromatic nitrogens is 1. The Balaban J connectivity index is 1.29. The number of aromatic amines is 1. The first-order valence-electron chi connectivity index (χ1n) is 11.5. The summed E-state index contributed by atoms with van der Waals surface area (Å²) in [6.45, 7) is 6.84. The number of rotatable bonds is 4. The van der Waals surface area contributed by atoms with E-state index >= 15 is 0 Å². The van der Waals surface area contributed by atoms with Gasteiger partial charge in [-0.3, -0.25) is 4.90 Å². The zero-order valence-corrected chi connectivity index (χ0v) is 18.5. The molecule has 2 aliphatic rings. The molecule has 164 valence electrons. The van der Waals surface area contributed by atoms with Gasteiger partial charge in [-0.1, -0.05) is 30.3 Å². The minimum atomic E-state index is -0.122. The van der Waals surface area contributed by atoms with E-state index in [0.717, 1.165) is 49.0 Å². The fraction of sp³-hybridized carbons (Fsp3) is 0.462. The van der Waals surface area contributed by atoms with Crippen LogP contribution < -0.4 is 5.73 Å². The topological polar surface area (TPSA) is 74.5 Å². The standard InChI is InChI=1S/C26H33N3O2/c1-16-7-8-20-21(26(16)30)13-24(31-25(20)14-27)18-9-11-29(12-10-18)17(2)22-15-28-23-6-4-3-5-19(22)23/h3-8,15,17-18,24-25,28,30H,9-14,27H2,1-2H3/t17?,24-,25-/m0/s1. The van der Waals surface area contributed by atoms with Crippen molar-refractivity contribution in [3.05, 3.63) is 64.8 Å². The molecule has 4 N–H and O–H groups in total. The van der Waals surface area contributed by atoms with Crippen LogP contribution in [0.3, 0.4) is 0 Å². The maximum atomic E-state index is 10.7. The minimum absolute atomic E-state index is 0.122. The average Bonchev–Trinajstić information content (AvgIpc) is 3.24. The van der Waals surface area contributed by atoms with E-state index < -0.39 is 0 Å². The monoisotopic (exact) mass is 419 g/mol. The number of fused-ring (bicyclic) bond motifs is 2. The number of hydrogen-bond acceptors (Lipinski definition) is 4. The second-order valence-corrected chi connectivity index (χ2v) is 9.24. The van der Waals surface area contributed by atoms with Crippen molar-refractivity contribution in [2.24, 2.45) is 11.7 Å². The van der Waals surface area contributed by atoms with Crippen molar-refractivity contribution in [1.82, 2.24) is 9.88 Å². The molecule has 31 heavy (non-hydrogen) atoms. The first-order valence-corrected chi connectivity index (χ1v) is 11.5. The third kappa shape index (κ3) is 3.65. The van der Waals surface area contributed by atoms with Crippen LogP contribution in [0, 0.1) is 12.8 Å². The number of para-hydroxylation sites is 1. The Morgan fingerprint density at radius 1 is 1.19 bits per heavy atom. The number of hydrogen-bond donors (Lipinski definition) is 3. The fourth-order valence-corrected chi connectivity index (χ4v) is 5.59. The molecule has 1 aromatic heterocycles. The van der Waals surface area contributed by atoms with Gasteiger partial charge in [0.1, 0.15) is 5.75 Å². The van der Waals surface area contributed by atoms with Gasteiger partial charge in [0.25, 0.3) is 0 Å². The predicted molar refractivity (Wildman–Crippen MR) is 124 cm³/mol. The number of ether oxygens (including phenoxy) is 1. The highest BCUT2D eigenvalue weighted by atomic mass is 16.5. The summed E-state index contributed by atoms with van der Waals surface area (Å²) in [6.07, 6.45) is 5.16. The smallest absolute Gasteiger partial charge is 0.122 e. The average molecular weight is 420 g/mol. The summed E-state index contributed by atoms with van der Waals surface area (Å²) in [6, 6.07) is 13.0. The molecule has 0 amide bonds. The van der Waals surface area contributed by atoms with E-state index in [2.05, 4.69) is 53.3 Å². The molecule has 5 heteroatoms. The molecule has 3 atom stereocenters. The van der Waals surface area contributed by atoms with Gasteiger partial charge in [-0.25, -0.2) is 0 Å². The van der Waals surface area contributed by atoms with Gasteiger partial charge in [0.05, 0.1) is 12.2 Å². The van der Waals surface area contributed by atoms with Crippen molar-refractivity contribution in [1.29, 1.82) is 0 Å². The predicted octanol–water partition coefficient (Wildman–Crippen LogP) is 4.60. The van der Waals surface area contributed by atoms with Crippen LogP contribution in [0.2, 0.25) is 0 Å². The maximum Gasteiger partial charge on any atom is 0.122 e. The lowest BCUT2D eigenvalue weighted by atomic mass is 9.82. The molecule has 0 bridgehead atoms. The molecule has 1 fully saturated rings. The van der Waals surface area contributed by atoms with Crippen molar-refractivity contribution in [3.63, 3.8) is 0 Å². The van der Waals surface area contributed by atoms with Crippen LogP contribution >= 0.6 is 0 Å². The molecule has 0 spiro atoms.